The molecule has 8 heterocycles. The van der Waals surface area contributed by atoms with Gasteiger partial charge in [0.25, 0.3) is 5.69 Å². The highest BCUT2D eigenvalue weighted by molar-refractivity contribution is 9.11. The van der Waals surface area contributed by atoms with Crippen LogP contribution in [-0.4, -0.2) is 163 Å². The van der Waals surface area contributed by atoms with E-state index in [0.29, 0.717) is 61.4 Å². The third-order valence-electron chi connectivity index (χ3n) is 21.3. The fraction of sp³-hybridized carbons (Fsp3) is 0.333. The van der Waals surface area contributed by atoms with Crippen LogP contribution in [-0.2, 0) is 91.6 Å². The number of nitro benzene ring substituents is 1. The first-order valence-corrected chi connectivity index (χ1v) is 47.2. The number of cyclic esters (lactones) is 4. The average molecular weight is 2090 g/mol. The van der Waals surface area contributed by atoms with Crippen molar-refractivity contribution in [2.24, 2.45) is 0 Å². The summed E-state index contributed by atoms with van der Waals surface area (Å²) in [6, 6.07) is 36.1. The first-order chi connectivity index (χ1) is 58.1. The Hall–Kier alpha value is -8.31. The molecule has 0 atom stereocenters. The Morgan fingerprint density at radius 2 is 0.740 bits per heavy atom. The number of benzene rings is 8. The van der Waals surface area contributed by atoms with Crippen molar-refractivity contribution < 1.29 is 112 Å². The molecule has 8 aromatic rings. The number of anilines is 4. The Labute approximate surface area is 744 Å². The van der Waals surface area contributed by atoms with Crippen LogP contribution in [0, 0.1) is 15.9 Å². The van der Waals surface area contributed by atoms with Crippen molar-refractivity contribution in [3.05, 3.63) is 229 Å². The molecule has 4 saturated heterocycles. The number of nitrogens with zero attached hydrogens (tertiary/aromatic N) is 9. The zero-order valence-electron chi connectivity index (χ0n) is 63.8. The summed E-state index contributed by atoms with van der Waals surface area (Å²) in [5.74, 6) is -1.08. The van der Waals surface area contributed by atoms with Gasteiger partial charge in [0.2, 0.25) is 40.1 Å². The fourth-order valence-corrected chi connectivity index (χ4v) is 23.8. The fourth-order valence-electron chi connectivity index (χ4n) is 15.4. The highest BCUT2D eigenvalue weighted by atomic mass is 79.9. The molecule has 123 heavy (non-hydrogen) atoms. The summed E-state index contributed by atoms with van der Waals surface area (Å²) in [7, 11) is -15.9. The topological polar surface area (TPSA) is 320 Å². The van der Waals surface area contributed by atoms with Crippen molar-refractivity contribution in [1.29, 1.82) is 0 Å². The first-order valence-electron chi connectivity index (χ1n) is 37.5. The number of piperidine rings is 4. The van der Waals surface area contributed by atoms with Gasteiger partial charge in [0, 0.05) is 128 Å². The van der Waals surface area contributed by atoms with E-state index in [-0.39, 0.29) is 142 Å². The number of carbonyl (C=O) groups excluding carboxylic acids is 4. The van der Waals surface area contributed by atoms with E-state index in [1.165, 1.54) is 54.2 Å². The van der Waals surface area contributed by atoms with Gasteiger partial charge in [-0.15, -0.1) is 13.2 Å². The van der Waals surface area contributed by atoms with Crippen LogP contribution < -0.4 is 24.3 Å². The molecular formula is C78H70Br4Cl2F7N9O19S4. The summed E-state index contributed by atoms with van der Waals surface area (Å²) in [6.07, 6.45) is -8.44. The maximum atomic E-state index is 13.4. The third-order valence-corrected chi connectivity index (χ3v) is 31.6. The van der Waals surface area contributed by atoms with E-state index in [9.17, 15) is 93.7 Å². The second-order valence-corrected chi connectivity index (χ2v) is 41.0. The van der Waals surface area contributed by atoms with Crippen molar-refractivity contribution >= 4 is 180 Å². The number of nitro groups is 1. The van der Waals surface area contributed by atoms with E-state index >= 15 is 0 Å². The number of alkyl halides is 6. The minimum absolute atomic E-state index is 0.0367. The minimum atomic E-state index is -4.86. The largest absolute Gasteiger partial charge is 0.573 e. The van der Waals surface area contributed by atoms with Gasteiger partial charge >= 0.3 is 36.9 Å². The normalized spacial score (nSPS) is 18.3. The number of halogens is 13. The predicted octanol–water partition coefficient (Wildman–Crippen LogP) is 18.3. The molecule has 656 valence electrons. The Morgan fingerprint density at radius 3 is 1.07 bits per heavy atom. The van der Waals surface area contributed by atoms with Gasteiger partial charge in [0.15, 0.2) is 4.90 Å². The summed E-state index contributed by atoms with van der Waals surface area (Å²) < 4.78 is 226. The summed E-state index contributed by atoms with van der Waals surface area (Å²) in [5, 5.41) is 11.8. The maximum Gasteiger partial charge on any atom is 0.573 e. The summed E-state index contributed by atoms with van der Waals surface area (Å²) in [6.45, 7) is 1.93. The van der Waals surface area contributed by atoms with Crippen molar-refractivity contribution in [1.82, 2.24) is 17.2 Å². The summed E-state index contributed by atoms with van der Waals surface area (Å²) >= 11 is 25.6. The zero-order valence-corrected chi connectivity index (χ0v) is 74.9. The molecule has 0 N–H and O–H groups in total. The third kappa shape index (κ3) is 20.9. The molecule has 0 aromatic heterocycles. The Morgan fingerprint density at radius 1 is 0.407 bits per heavy atom. The molecule has 0 spiro atoms. The van der Waals surface area contributed by atoms with Gasteiger partial charge in [0.05, 0.1) is 48.0 Å². The summed E-state index contributed by atoms with van der Waals surface area (Å²) in [4.78, 5) is 65.3. The van der Waals surface area contributed by atoms with Crippen molar-refractivity contribution in [2.75, 3.05) is 72.0 Å². The monoisotopic (exact) mass is 2080 g/mol. The molecule has 8 aromatic carbocycles. The van der Waals surface area contributed by atoms with E-state index < -0.39 is 110 Å². The number of ether oxygens (including phenoxy) is 5. The van der Waals surface area contributed by atoms with Crippen LogP contribution >= 0.6 is 86.9 Å². The van der Waals surface area contributed by atoms with Gasteiger partial charge in [-0.05, 0) is 197 Å². The molecule has 28 nitrogen and oxygen atoms in total. The second kappa shape index (κ2) is 37.7. The molecule has 0 radical (unpaired) electrons. The number of rotatable bonds is 14. The van der Waals surface area contributed by atoms with E-state index in [0.717, 1.165) is 91.8 Å². The Balaban J connectivity index is 0.000000141. The number of sulfonamides is 4. The maximum absolute atomic E-state index is 13.4. The minimum Gasteiger partial charge on any atom is -0.444 e. The van der Waals surface area contributed by atoms with E-state index in [4.69, 9.17) is 42.1 Å². The lowest BCUT2D eigenvalue weighted by atomic mass is 10.0. The van der Waals surface area contributed by atoms with E-state index in [2.05, 4.69) is 68.5 Å². The molecule has 45 heteroatoms. The smallest absolute Gasteiger partial charge is 0.444 e. The predicted molar refractivity (Wildman–Crippen MR) is 448 cm³/mol. The lowest BCUT2D eigenvalue weighted by Crippen LogP contribution is -2.50. The van der Waals surface area contributed by atoms with Crippen molar-refractivity contribution in [2.45, 2.75) is 134 Å². The molecule has 4 fully saturated rings. The number of amides is 4. The van der Waals surface area contributed by atoms with E-state index in [1.807, 2.05) is 60.7 Å². The molecule has 0 unspecified atom stereocenters. The highest BCUT2D eigenvalue weighted by Gasteiger charge is 2.45. The van der Waals surface area contributed by atoms with Crippen LogP contribution in [0.4, 0.5) is 78.3 Å². The molecular weight excluding hydrogens is 2020 g/mol. The first kappa shape index (κ1) is 92.4. The lowest BCUT2D eigenvalue weighted by molar-refractivity contribution is -0.388. The molecule has 0 saturated carbocycles. The van der Waals surface area contributed by atoms with Gasteiger partial charge in [-0.3, -0.25) is 29.7 Å². The number of carbonyl (C=O) groups is 4. The Bertz CT molecular complexity index is 5900. The molecule has 8 aliphatic rings. The van der Waals surface area contributed by atoms with Crippen LogP contribution in [0.1, 0.15) is 79.2 Å². The molecule has 0 aliphatic carbocycles. The average Bonchev–Trinajstić information content (AvgIpc) is 0.764. The quantitative estimate of drug-likeness (QED) is 0.0422. The second-order valence-electron chi connectivity index (χ2n) is 28.8. The highest BCUT2D eigenvalue weighted by Crippen LogP contribution is 2.43. The van der Waals surface area contributed by atoms with Gasteiger partial charge in [-0.25, -0.2) is 57.2 Å². The van der Waals surface area contributed by atoms with Gasteiger partial charge in [0.1, 0.15) is 42.9 Å². The van der Waals surface area contributed by atoms with E-state index in [1.54, 1.807) is 26.8 Å². The molecule has 0 bridgehead atoms. The van der Waals surface area contributed by atoms with Crippen LogP contribution in [0.15, 0.2) is 195 Å². The zero-order chi connectivity index (χ0) is 88.6. The Kier molecular flexibility index (Phi) is 28.3. The summed E-state index contributed by atoms with van der Waals surface area (Å²) in [5.41, 5.74) is 4.01. The van der Waals surface area contributed by atoms with Crippen LogP contribution in [0.2, 0.25) is 10.0 Å². The van der Waals surface area contributed by atoms with Crippen LogP contribution in [0.5, 0.6) is 5.75 Å². The van der Waals surface area contributed by atoms with Gasteiger partial charge in [-0.2, -0.15) is 30.4 Å². The molecule has 8 aliphatic heterocycles. The standard InChI is InChI=1S/C20H17BrF3N3O6S.C20H18BrF3N2O5S.C19H17BrCl2N2O4S.C19H18BrFN2O4S/c21-14-2-3-16-12(9-14)11-33-19(28)26(16)15-5-7-25(8-6-15)34(31,32)18-4-1-13(20(22,23)24)10-17(18)27(29)30;21-14-1-6-18-13(11-14)12-30-19(27)26(18)15-7-9-25(10-8-15)32(28,29)17-4-2-16(3-5-17)31-20(22,23)24;20-13-1-3-17-12(9-13)11-28-19(25)24(17)15-5-7-23(8-6-15)29(26,27)18-4-2-14(21)10-16(18)22;20-14-4-5-18-13(10-14)12-27-19(24)23(18)16-6-8-22(9-7-16)28(25,26)17-3-1-2-15(21)11-17/h1-4,9-10,15H,5-8,11H2;1-6,11,15H,7-10,12H2;1-4,9-10,15H,5-8,11H2;1-5,10-11,16H,6-9,12H2. The van der Waals surface area contributed by atoms with Crippen molar-refractivity contribution in [3.8, 4) is 5.75 Å². The van der Waals surface area contributed by atoms with Crippen LogP contribution in [0.3, 0.4) is 0 Å². The number of fused-ring (bicyclic) bond motifs is 4. The van der Waals surface area contributed by atoms with Gasteiger partial charge < -0.3 is 23.7 Å². The number of hydrogen-bond acceptors (Lipinski definition) is 19. The molecule has 4 amide bonds. The SMILES string of the molecule is O=C1OCc2cc(Br)ccc2N1C1CCN(S(=O)(=O)c2ccc(C(F)(F)F)cc2[N+](=O)[O-])CC1.O=C1OCc2cc(Br)ccc2N1C1CCN(S(=O)(=O)c2ccc(Cl)cc2Cl)CC1.O=C1OCc2cc(Br)ccc2N1C1CCN(S(=O)(=O)c2ccc(OC(F)(F)F)cc2)CC1.O=C1OCc2cc(Br)ccc2N1C1CCN(S(=O)(=O)c2cccc(F)c2)CC1. The molecule has 16 rings (SSSR count). The van der Waals surface area contributed by atoms with Crippen LogP contribution in [0.25, 0.3) is 0 Å². The lowest BCUT2D eigenvalue weighted by Gasteiger charge is -2.39. The number of hydrogen-bond donors (Lipinski definition) is 0. The van der Waals surface area contributed by atoms with Crippen molar-refractivity contribution in [3.63, 3.8) is 0 Å². The van der Waals surface area contributed by atoms with Gasteiger partial charge in [-0.1, -0.05) is 93.0 Å².